The molecule has 1 amide bonds. The van der Waals surface area contributed by atoms with E-state index in [2.05, 4.69) is 4.90 Å². The van der Waals surface area contributed by atoms with Crippen molar-refractivity contribution < 1.29 is 19.4 Å². The predicted molar refractivity (Wildman–Crippen MR) is 91.6 cm³/mol. The molecule has 2 aromatic rings. The highest BCUT2D eigenvalue weighted by Crippen LogP contribution is 2.25. The van der Waals surface area contributed by atoms with Crippen LogP contribution < -0.4 is 0 Å². The number of piperazine rings is 1. The van der Waals surface area contributed by atoms with Gasteiger partial charge in [0.1, 0.15) is 11.9 Å². The van der Waals surface area contributed by atoms with Crippen LogP contribution in [0.25, 0.3) is 0 Å². The monoisotopic (exact) mass is 344 g/mol. The van der Waals surface area contributed by atoms with Crippen LogP contribution in [-0.2, 0) is 6.54 Å². The van der Waals surface area contributed by atoms with Crippen LogP contribution >= 0.6 is 0 Å². The van der Waals surface area contributed by atoms with Gasteiger partial charge in [-0.05, 0) is 23.3 Å². The van der Waals surface area contributed by atoms with E-state index in [4.69, 9.17) is 0 Å². The third-order valence-corrected chi connectivity index (χ3v) is 4.57. The lowest BCUT2D eigenvalue weighted by atomic mass is 9.98. The number of aliphatic hydroxyl groups is 1. The Labute approximate surface area is 145 Å². The number of halogens is 1. The summed E-state index contributed by atoms with van der Waals surface area (Å²) in [7, 11) is 0. The summed E-state index contributed by atoms with van der Waals surface area (Å²) in [6, 6.07) is 14.9. The van der Waals surface area contributed by atoms with E-state index in [1.807, 2.05) is 30.3 Å². The molecule has 0 aliphatic carbocycles. The topological polar surface area (TPSA) is 64.0 Å². The van der Waals surface area contributed by atoms with E-state index in [1.165, 1.54) is 29.2 Å². The Balaban J connectivity index is 1.77. The zero-order chi connectivity index (χ0) is 17.8. The largest absolute Gasteiger partial charge is 0.465 e. The highest BCUT2D eigenvalue weighted by molar-refractivity contribution is 5.65. The molecule has 132 valence electrons. The average Bonchev–Trinajstić information content (AvgIpc) is 2.62. The zero-order valence-corrected chi connectivity index (χ0v) is 13.8. The van der Waals surface area contributed by atoms with Crippen LogP contribution in [0.15, 0.2) is 54.6 Å². The molecule has 0 aromatic heterocycles. The van der Waals surface area contributed by atoms with E-state index in [-0.39, 0.29) is 5.82 Å². The lowest BCUT2D eigenvalue weighted by molar-refractivity contribution is -0.00243. The normalized spacial score (nSPS) is 19.6. The van der Waals surface area contributed by atoms with Gasteiger partial charge in [-0.25, -0.2) is 9.18 Å². The molecule has 2 atom stereocenters. The minimum Gasteiger partial charge on any atom is -0.465 e. The molecule has 1 aliphatic rings. The lowest BCUT2D eigenvalue weighted by Crippen LogP contribution is -2.56. The summed E-state index contributed by atoms with van der Waals surface area (Å²) in [5.74, 6) is -0.389. The van der Waals surface area contributed by atoms with Crippen molar-refractivity contribution in [2.24, 2.45) is 0 Å². The summed E-state index contributed by atoms with van der Waals surface area (Å²) >= 11 is 0. The quantitative estimate of drug-likeness (QED) is 0.895. The maximum Gasteiger partial charge on any atom is 0.407 e. The van der Waals surface area contributed by atoms with E-state index < -0.39 is 18.2 Å². The fourth-order valence-corrected chi connectivity index (χ4v) is 3.24. The second-order valence-corrected chi connectivity index (χ2v) is 6.26. The van der Waals surface area contributed by atoms with Crippen LogP contribution in [0.5, 0.6) is 0 Å². The smallest absolute Gasteiger partial charge is 0.407 e. The van der Waals surface area contributed by atoms with E-state index in [0.29, 0.717) is 31.7 Å². The first kappa shape index (κ1) is 17.4. The lowest BCUT2D eigenvalue weighted by Gasteiger charge is -2.42. The van der Waals surface area contributed by atoms with E-state index in [9.17, 15) is 19.4 Å². The van der Waals surface area contributed by atoms with Gasteiger partial charge in [-0.3, -0.25) is 9.80 Å². The van der Waals surface area contributed by atoms with Crippen LogP contribution in [0.1, 0.15) is 17.2 Å². The van der Waals surface area contributed by atoms with Crippen LogP contribution in [0.4, 0.5) is 9.18 Å². The van der Waals surface area contributed by atoms with Crippen molar-refractivity contribution in [3.63, 3.8) is 0 Å². The minimum absolute atomic E-state index is 0.324. The molecule has 0 bridgehead atoms. The molecule has 1 aliphatic heterocycles. The highest BCUT2D eigenvalue weighted by Gasteiger charge is 2.35. The summed E-state index contributed by atoms with van der Waals surface area (Å²) in [6.45, 7) is 2.04. The molecule has 25 heavy (non-hydrogen) atoms. The number of rotatable bonds is 4. The summed E-state index contributed by atoms with van der Waals surface area (Å²) in [6.07, 6.45) is -2.05. The molecule has 1 saturated heterocycles. The predicted octanol–water partition coefficient (Wildman–Crippen LogP) is 2.72. The Morgan fingerprint density at radius 1 is 1.12 bits per heavy atom. The number of nitrogens with zero attached hydrogens (tertiary/aromatic N) is 2. The van der Waals surface area contributed by atoms with Crippen LogP contribution in [0.2, 0.25) is 0 Å². The van der Waals surface area contributed by atoms with Gasteiger partial charge in [0.05, 0.1) is 6.04 Å². The van der Waals surface area contributed by atoms with Gasteiger partial charge in [0.2, 0.25) is 0 Å². The van der Waals surface area contributed by atoms with Crippen LogP contribution in [-0.4, -0.2) is 51.8 Å². The van der Waals surface area contributed by atoms with Gasteiger partial charge in [-0.15, -0.1) is 0 Å². The van der Waals surface area contributed by atoms with Crippen LogP contribution in [0, 0.1) is 5.82 Å². The molecule has 1 heterocycles. The van der Waals surface area contributed by atoms with Gasteiger partial charge >= 0.3 is 6.09 Å². The molecule has 6 heteroatoms. The Kier molecular flexibility index (Phi) is 5.31. The number of hydrogen-bond acceptors (Lipinski definition) is 3. The Morgan fingerprint density at radius 2 is 1.80 bits per heavy atom. The Morgan fingerprint density at radius 3 is 2.44 bits per heavy atom. The number of aliphatic hydroxyl groups excluding tert-OH is 1. The maximum atomic E-state index is 13.1. The van der Waals surface area contributed by atoms with Gasteiger partial charge < -0.3 is 10.2 Å². The fourth-order valence-electron chi connectivity index (χ4n) is 3.24. The Hall–Kier alpha value is -2.44. The van der Waals surface area contributed by atoms with Crippen LogP contribution in [0.3, 0.4) is 0 Å². The first-order valence-corrected chi connectivity index (χ1v) is 8.24. The maximum absolute atomic E-state index is 13.1. The summed E-state index contributed by atoms with van der Waals surface area (Å²) < 4.78 is 13.1. The molecular weight excluding hydrogens is 323 g/mol. The molecule has 1 fully saturated rings. The van der Waals surface area contributed by atoms with Crippen molar-refractivity contribution in [1.82, 2.24) is 9.80 Å². The molecule has 1 unspecified atom stereocenters. The number of amides is 1. The summed E-state index contributed by atoms with van der Waals surface area (Å²) in [5.41, 5.74) is 1.65. The van der Waals surface area contributed by atoms with E-state index in [0.717, 1.165) is 5.56 Å². The minimum atomic E-state index is -1.05. The van der Waals surface area contributed by atoms with Gasteiger partial charge in [-0.2, -0.15) is 0 Å². The fraction of sp³-hybridized carbons (Fsp3) is 0.316. The molecule has 5 nitrogen and oxygen atoms in total. The number of hydrogen-bond donors (Lipinski definition) is 2. The van der Waals surface area contributed by atoms with Gasteiger partial charge in [-0.1, -0.05) is 42.5 Å². The number of carbonyl (C=O) groups is 1. The third kappa shape index (κ3) is 4.15. The zero-order valence-electron chi connectivity index (χ0n) is 13.8. The van der Waals surface area contributed by atoms with Crippen molar-refractivity contribution >= 4 is 6.09 Å². The molecule has 0 spiro atoms. The SMILES string of the molecule is O=C(O)N1CCN(Cc2ccccc2)C[C@H]1C(O)c1ccc(F)cc1. The summed E-state index contributed by atoms with van der Waals surface area (Å²) in [4.78, 5) is 15.0. The van der Waals surface area contributed by atoms with Crippen molar-refractivity contribution in [3.05, 3.63) is 71.5 Å². The van der Waals surface area contributed by atoms with Gasteiger partial charge in [0, 0.05) is 26.2 Å². The summed E-state index contributed by atoms with van der Waals surface area (Å²) in [5, 5.41) is 20.1. The van der Waals surface area contributed by atoms with Gasteiger partial charge in [0.15, 0.2) is 0 Å². The van der Waals surface area contributed by atoms with Crippen molar-refractivity contribution in [2.45, 2.75) is 18.7 Å². The Bertz CT molecular complexity index is 708. The second kappa shape index (κ2) is 7.63. The number of carboxylic acid groups (broad SMARTS) is 1. The number of benzene rings is 2. The van der Waals surface area contributed by atoms with Gasteiger partial charge in [0.25, 0.3) is 0 Å². The standard InChI is InChI=1S/C19H21FN2O3/c20-16-8-6-15(7-9-16)18(23)17-13-21(10-11-22(17)19(24)25)12-14-4-2-1-3-5-14/h1-9,17-18,23H,10-13H2,(H,24,25)/t17-,18?/m0/s1. The first-order chi connectivity index (χ1) is 12.0. The third-order valence-electron chi connectivity index (χ3n) is 4.57. The molecular formula is C19H21FN2O3. The molecule has 0 saturated carbocycles. The van der Waals surface area contributed by atoms with E-state index >= 15 is 0 Å². The molecule has 3 rings (SSSR count). The van der Waals surface area contributed by atoms with Crippen molar-refractivity contribution in [2.75, 3.05) is 19.6 Å². The molecule has 2 aromatic carbocycles. The second-order valence-electron chi connectivity index (χ2n) is 6.26. The molecule has 2 N–H and O–H groups in total. The average molecular weight is 344 g/mol. The van der Waals surface area contributed by atoms with Crippen molar-refractivity contribution in [3.8, 4) is 0 Å². The highest BCUT2D eigenvalue weighted by atomic mass is 19.1. The molecule has 0 radical (unpaired) electrons. The van der Waals surface area contributed by atoms with Crippen molar-refractivity contribution in [1.29, 1.82) is 0 Å². The first-order valence-electron chi connectivity index (χ1n) is 8.24. The van der Waals surface area contributed by atoms with E-state index in [1.54, 1.807) is 0 Å².